The predicted molar refractivity (Wildman–Crippen MR) is 110 cm³/mol. The summed E-state index contributed by atoms with van der Waals surface area (Å²) < 4.78 is 5.77. The molecule has 1 atom stereocenters. The summed E-state index contributed by atoms with van der Waals surface area (Å²) >= 11 is 0. The smallest absolute Gasteiger partial charge is 0.302 e. The standard InChI is InChI=1S/C22H21N5O2/c1-22(2)11-15-18(16(28)12-22)19(13-7-9-23-10-8-13)26-20(24-15)27-21-25-14-5-3-4-6-17(14)29-21/h3-10,19H,11-12H2,1-2H3,(H2,24,25,26,27). The van der Waals surface area contributed by atoms with Crippen LogP contribution in [0.25, 0.3) is 11.1 Å². The molecule has 7 heteroatoms. The second-order valence-electron chi connectivity index (χ2n) is 8.23. The SMILES string of the molecule is CC1(C)CC(=O)C2=C(C1)NC(Nc1nc3ccccc3o1)=NC2c1ccncc1. The Balaban J connectivity index is 1.54. The molecular formula is C22H21N5O2. The highest BCUT2D eigenvalue weighted by atomic mass is 16.4. The second kappa shape index (κ2) is 6.55. The Hall–Kier alpha value is -3.48. The van der Waals surface area contributed by atoms with E-state index in [1.807, 2.05) is 36.4 Å². The lowest BCUT2D eigenvalue weighted by Gasteiger charge is -2.37. The van der Waals surface area contributed by atoms with Gasteiger partial charge in [-0.3, -0.25) is 15.1 Å². The van der Waals surface area contributed by atoms with Gasteiger partial charge in [0.2, 0.25) is 5.96 Å². The Bertz CT molecular complexity index is 1130. The van der Waals surface area contributed by atoms with Gasteiger partial charge in [0, 0.05) is 30.1 Å². The fourth-order valence-electron chi connectivity index (χ4n) is 4.01. The van der Waals surface area contributed by atoms with E-state index in [2.05, 4.69) is 34.4 Å². The zero-order valence-electron chi connectivity index (χ0n) is 16.3. The van der Waals surface area contributed by atoms with Gasteiger partial charge in [0.05, 0.1) is 0 Å². The molecule has 5 rings (SSSR count). The average Bonchev–Trinajstić information content (AvgIpc) is 3.09. The van der Waals surface area contributed by atoms with Crippen LogP contribution in [-0.2, 0) is 4.79 Å². The molecule has 7 nitrogen and oxygen atoms in total. The van der Waals surface area contributed by atoms with Crippen LogP contribution in [-0.4, -0.2) is 21.7 Å². The zero-order chi connectivity index (χ0) is 20.0. The number of guanidine groups is 1. The Morgan fingerprint density at radius 2 is 1.93 bits per heavy atom. The number of aromatic nitrogens is 2. The molecule has 3 heterocycles. The number of aliphatic imine (C=N–C) groups is 1. The molecule has 146 valence electrons. The normalized spacial score (nSPS) is 20.8. The monoisotopic (exact) mass is 387 g/mol. The summed E-state index contributed by atoms with van der Waals surface area (Å²) in [5.74, 6) is 0.651. The van der Waals surface area contributed by atoms with Crippen LogP contribution in [0.15, 0.2) is 69.5 Å². The molecule has 0 fully saturated rings. The minimum atomic E-state index is -0.385. The van der Waals surface area contributed by atoms with Crippen LogP contribution in [0, 0.1) is 5.41 Å². The number of anilines is 1. The van der Waals surface area contributed by atoms with E-state index in [0.717, 1.165) is 28.8 Å². The molecule has 2 aliphatic rings. The van der Waals surface area contributed by atoms with Crippen LogP contribution in [0.2, 0.25) is 0 Å². The Kier molecular flexibility index (Phi) is 3.97. The maximum Gasteiger partial charge on any atom is 0.302 e. The average molecular weight is 387 g/mol. The molecule has 1 unspecified atom stereocenters. The van der Waals surface area contributed by atoms with Gasteiger partial charge in [-0.2, -0.15) is 4.98 Å². The first-order valence-electron chi connectivity index (χ1n) is 9.62. The number of nitrogens with one attached hydrogen (secondary N) is 2. The van der Waals surface area contributed by atoms with Crippen LogP contribution in [0.5, 0.6) is 0 Å². The van der Waals surface area contributed by atoms with Crippen LogP contribution >= 0.6 is 0 Å². The van der Waals surface area contributed by atoms with Crippen molar-refractivity contribution >= 4 is 28.9 Å². The van der Waals surface area contributed by atoms with Crippen molar-refractivity contribution in [3.63, 3.8) is 0 Å². The van der Waals surface area contributed by atoms with Crippen molar-refractivity contribution in [2.75, 3.05) is 5.32 Å². The molecule has 1 aromatic carbocycles. The van der Waals surface area contributed by atoms with E-state index in [4.69, 9.17) is 9.41 Å². The van der Waals surface area contributed by atoms with Crippen LogP contribution in [0.1, 0.15) is 38.3 Å². The minimum absolute atomic E-state index is 0.105. The van der Waals surface area contributed by atoms with Crippen molar-refractivity contribution in [1.82, 2.24) is 15.3 Å². The van der Waals surface area contributed by atoms with Crippen molar-refractivity contribution in [3.8, 4) is 0 Å². The fraction of sp³-hybridized carbons (Fsp3) is 0.273. The molecule has 1 aliphatic carbocycles. The summed E-state index contributed by atoms with van der Waals surface area (Å²) in [7, 11) is 0. The molecule has 29 heavy (non-hydrogen) atoms. The molecule has 2 aromatic heterocycles. The summed E-state index contributed by atoms with van der Waals surface area (Å²) in [6.07, 6.45) is 4.72. The lowest BCUT2D eigenvalue weighted by atomic mass is 9.73. The van der Waals surface area contributed by atoms with E-state index >= 15 is 0 Å². The number of carbonyl (C=O) groups is 1. The molecule has 0 bridgehead atoms. The van der Waals surface area contributed by atoms with E-state index in [1.54, 1.807) is 12.4 Å². The van der Waals surface area contributed by atoms with E-state index in [-0.39, 0.29) is 17.2 Å². The Morgan fingerprint density at radius 3 is 2.72 bits per heavy atom. The van der Waals surface area contributed by atoms with Crippen LogP contribution in [0.3, 0.4) is 0 Å². The van der Waals surface area contributed by atoms with Gasteiger partial charge in [-0.05, 0) is 41.7 Å². The molecule has 0 amide bonds. The number of hydrogen-bond acceptors (Lipinski definition) is 7. The first kappa shape index (κ1) is 17.6. The summed E-state index contributed by atoms with van der Waals surface area (Å²) in [4.78, 5) is 26.3. The quantitative estimate of drug-likeness (QED) is 0.691. The van der Waals surface area contributed by atoms with Crippen LogP contribution < -0.4 is 10.6 Å². The van der Waals surface area contributed by atoms with E-state index in [9.17, 15) is 4.79 Å². The number of oxazole rings is 1. The molecule has 0 spiro atoms. The molecule has 0 saturated carbocycles. The van der Waals surface area contributed by atoms with Crippen molar-refractivity contribution in [2.45, 2.75) is 32.7 Å². The van der Waals surface area contributed by atoms with Gasteiger partial charge in [-0.1, -0.05) is 26.0 Å². The maximum absolute atomic E-state index is 13.0. The van der Waals surface area contributed by atoms with Crippen molar-refractivity contribution in [3.05, 3.63) is 65.6 Å². The Morgan fingerprint density at radius 1 is 1.14 bits per heavy atom. The molecule has 2 N–H and O–H groups in total. The summed E-state index contributed by atoms with van der Waals surface area (Å²) in [6.45, 7) is 4.22. The number of fused-ring (bicyclic) bond motifs is 1. The summed E-state index contributed by atoms with van der Waals surface area (Å²) in [5, 5.41) is 6.46. The predicted octanol–water partition coefficient (Wildman–Crippen LogP) is 3.98. The summed E-state index contributed by atoms with van der Waals surface area (Å²) in [6, 6.07) is 11.3. The van der Waals surface area contributed by atoms with Crippen molar-refractivity contribution < 1.29 is 9.21 Å². The lowest BCUT2D eigenvalue weighted by Crippen LogP contribution is -2.41. The van der Waals surface area contributed by atoms with Gasteiger partial charge in [0.1, 0.15) is 11.6 Å². The molecule has 3 aromatic rings. The van der Waals surface area contributed by atoms with E-state index < -0.39 is 0 Å². The topological polar surface area (TPSA) is 92.4 Å². The zero-order valence-corrected chi connectivity index (χ0v) is 16.3. The summed E-state index contributed by atoms with van der Waals surface area (Å²) in [5.41, 5.74) is 3.93. The first-order valence-corrected chi connectivity index (χ1v) is 9.62. The first-order chi connectivity index (χ1) is 14.0. The van der Waals surface area contributed by atoms with Gasteiger partial charge >= 0.3 is 6.01 Å². The largest absolute Gasteiger partial charge is 0.423 e. The van der Waals surface area contributed by atoms with Gasteiger partial charge in [-0.25, -0.2) is 4.99 Å². The van der Waals surface area contributed by atoms with Gasteiger partial charge in [0.25, 0.3) is 0 Å². The number of ketones is 1. The highest BCUT2D eigenvalue weighted by Crippen LogP contribution is 2.42. The molecule has 1 aliphatic heterocycles. The van der Waals surface area contributed by atoms with Crippen molar-refractivity contribution in [1.29, 1.82) is 0 Å². The number of benzene rings is 1. The number of carbonyl (C=O) groups excluding carboxylic acids is 1. The molecular weight excluding hydrogens is 366 g/mol. The number of rotatable bonds is 2. The number of Topliss-reactive ketones (excluding diaryl/α,β-unsaturated/α-hetero) is 1. The van der Waals surface area contributed by atoms with Gasteiger partial charge < -0.3 is 9.73 Å². The molecule has 0 radical (unpaired) electrons. The Labute approximate surface area is 168 Å². The number of hydrogen-bond donors (Lipinski definition) is 2. The minimum Gasteiger partial charge on any atom is -0.423 e. The number of pyridine rings is 1. The van der Waals surface area contributed by atoms with E-state index in [1.165, 1.54) is 0 Å². The third-order valence-corrected chi connectivity index (χ3v) is 5.26. The lowest BCUT2D eigenvalue weighted by molar-refractivity contribution is -0.118. The third kappa shape index (κ3) is 3.29. The fourth-order valence-corrected chi connectivity index (χ4v) is 4.01. The van der Waals surface area contributed by atoms with Crippen LogP contribution in [0.4, 0.5) is 6.01 Å². The number of nitrogens with zero attached hydrogens (tertiary/aromatic N) is 3. The highest BCUT2D eigenvalue weighted by Gasteiger charge is 2.39. The maximum atomic E-state index is 13.0. The number of para-hydroxylation sites is 2. The van der Waals surface area contributed by atoms with Crippen molar-refractivity contribution in [2.24, 2.45) is 10.4 Å². The van der Waals surface area contributed by atoms with Gasteiger partial charge in [-0.15, -0.1) is 0 Å². The second-order valence-corrected chi connectivity index (χ2v) is 8.23. The van der Waals surface area contributed by atoms with E-state index in [0.29, 0.717) is 24.0 Å². The van der Waals surface area contributed by atoms with Gasteiger partial charge in [0.15, 0.2) is 11.4 Å². The highest BCUT2D eigenvalue weighted by molar-refractivity contribution is 6.03. The number of allylic oxidation sites excluding steroid dienone is 1. The third-order valence-electron chi connectivity index (χ3n) is 5.26. The molecule has 0 saturated heterocycles.